The molecule has 0 fully saturated rings. The molecule has 0 saturated carbocycles. The Morgan fingerprint density at radius 2 is 1.88 bits per heavy atom. The summed E-state index contributed by atoms with van der Waals surface area (Å²) < 4.78 is 39.3. The van der Waals surface area contributed by atoms with Gasteiger partial charge in [0.15, 0.2) is 0 Å². The van der Waals surface area contributed by atoms with Crippen molar-refractivity contribution < 1.29 is 22.7 Å². The van der Waals surface area contributed by atoms with Crippen LogP contribution in [0.4, 0.5) is 18.0 Å². The SMILES string of the molecule is CN(C)C(=O)NCCNCCOCC(F)(F)F. The van der Waals surface area contributed by atoms with Gasteiger partial charge in [0.05, 0.1) is 6.61 Å². The lowest BCUT2D eigenvalue weighted by molar-refractivity contribution is -0.173. The molecule has 102 valence electrons. The monoisotopic (exact) mass is 257 g/mol. The first kappa shape index (κ1) is 16.0. The zero-order chi connectivity index (χ0) is 13.3. The Balaban J connectivity index is 3.22. The van der Waals surface area contributed by atoms with Crippen LogP contribution in [0.3, 0.4) is 0 Å². The lowest BCUT2D eigenvalue weighted by Gasteiger charge is -2.12. The topological polar surface area (TPSA) is 53.6 Å². The van der Waals surface area contributed by atoms with E-state index in [1.54, 1.807) is 14.1 Å². The van der Waals surface area contributed by atoms with Crippen LogP contribution in [0.1, 0.15) is 0 Å². The Kier molecular flexibility index (Phi) is 7.64. The molecular formula is C9H18F3N3O2. The molecule has 0 atom stereocenters. The van der Waals surface area contributed by atoms with E-state index in [0.717, 1.165) is 0 Å². The van der Waals surface area contributed by atoms with Crippen molar-refractivity contribution in [3.63, 3.8) is 0 Å². The van der Waals surface area contributed by atoms with Crippen LogP contribution in [0, 0.1) is 0 Å². The molecule has 0 rings (SSSR count). The largest absolute Gasteiger partial charge is 0.411 e. The summed E-state index contributed by atoms with van der Waals surface area (Å²) in [5.41, 5.74) is 0. The van der Waals surface area contributed by atoms with Crippen LogP contribution >= 0.6 is 0 Å². The fourth-order valence-corrected chi connectivity index (χ4v) is 0.873. The summed E-state index contributed by atoms with van der Waals surface area (Å²) in [6.07, 6.45) is -4.28. The van der Waals surface area contributed by atoms with Gasteiger partial charge in [0.1, 0.15) is 6.61 Å². The van der Waals surface area contributed by atoms with E-state index in [0.29, 0.717) is 19.6 Å². The Morgan fingerprint density at radius 1 is 1.24 bits per heavy atom. The molecule has 2 N–H and O–H groups in total. The lowest BCUT2D eigenvalue weighted by Crippen LogP contribution is -2.39. The molecule has 0 radical (unpaired) electrons. The average Bonchev–Trinajstić information content (AvgIpc) is 2.19. The maximum Gasteiger partial charge on any atom is 0.411 e. The van der Waals surface area contributed by atoms with Crippen LogP contribution < -0.4 is 10.6 Å². The van der Waals surface area contributed by atoms with Crippen LogP contribution in [0.25, 0.3) is 0 Å². The molecule has 0 saturated heterocycles. The van der Waals surface area contributed by atoms with Crippen LogP contribution in [0.15, 0.2) is 0 Å². The third-order valence-electron chi connectivity index (χ3n) is 1.67. The molecule has 2 amide bonds. The molecule has 0 aromatic rings. The number of ether oxygens (including phenoxy) is 1. The maximum atomic E-state index is 11.7. The highest BCUT2D eigenvalue weighted by Crippen LogP contribution is 2.13. The summed E-state index contributed by atoms with van der Waals surface area (Å²) >= 11 is 0. The van der Waals surface area contributed by atoms with Gasteiger partial charge in [0, 0.05) is 33.7 Å². The summed E-state index contributed by atoms with van der Waals surface area (Å²) in [6, 6.07) is -0.208. The molecule has 0 heterocycles. The molecule has 0 aliphatic rings. The van der Waals surface area contributed by atoms with Gasteiger partial charge in [-0.3, -0.25) is 0 Å². The van der Waals surface area contributed by atoms with E-state index < -0.39 is 12.8 Å². The highest BCUT2D eigenvalue weighted by molar-refractivity contribution is 5.73. The fourth-order valence-electron chi connectivity index (χ4n) is 0.873. The molecule has 0 spiro atoms. The van der Waals surface area contributed by atoms with Crippen molar-refractivity contribution in [2.45, 2.75) is 6.18 Å². The molecule has 8 heteroatoms. The first-order valence-electron chi connectivity index (χ1n) is 5.13. The maximum absolute atomic E-state index is 11.7. The molecule has 0 aromatic carbocycles. The van der Waals surface area contributed by atoms with Crippen molar-refractivity contribution in [2.75, 3.05) is 46.9 Å². The molecule has 0 aliphatic heterocycles. The second kappa shape index (κ2) is 8.13. The molecule has 17 heavy (non-hydrogen) atoms. The van der Waals surface area contributed by atoms with Gasteiger partial charge in [-0.1, -0.05) is 0 Å². The summed E-state index contributed by atoms with van der Waals surface area (Å²) in [6.45, 7) is -0.0354. The van der Waals surface area contributed by atoms with Gasteiger partial charge >= 0.3 is 12.2 Å². The highest BCUT2D eigenvalue weighted by atomic mass is 19.4. The molecular weight excluding hydrogens is 239 g/mol. The molecule has 0 aromatic heterocycles. The molecule has 5 nitrogen and oxygen atoms in total. The minimum absolute atomic E-state index is 0.0128. The Hall–Kier alpha value is -1.02. The van der Waals surface area contributed by atoms with Gasteiger partial charge in [-0.25, -0.2) is 4.79 Å². The van der Waals surface area contributed by atoms with E-state index in [9.17, 15) is 18.0 Å². The summed E-state index contributed by atoms with van der Waals surface area (Å²) in [5.74, 6) is 0. The second-order valence-corrected chi connectivity index (χ2v) is 3.54. The quantitative estimate of drug-likeness (QED) is 0.650. The number of hydrogen-bond acceptors (Lipinski definition) is 3. The van der Waals surface area contributed by atoms with E-state index >= 15 is 0 Å². The minimum Gasteiger partial charge on any atom is -0.371 e. The number of halogens is 3. The summed E-state index contributed by atoms with van der Waals surface area (Å²) in [7, 11) is 3.24. The Labute approximate surface area is 98.3 Å². The van der Waals surface area contributed by atoms with E-state index in [-0.39, 0.29) is 12.6 Å². The fraction of sp³-hybridized carbons (Fsp3) is 0.889. The van der Waals surface area contributed by atoms with Gasteiger partial charge in [0.25, 0.3) is 0 Å². The van der Waals surface area contributed by atoms with Crippen LogP contribution in [-0.2, 0) is 4.74 Å². The number of rotatable bonds is 7. The van der Waals surface area contributed by atoms with E-state index in [2.05, 4.69) is 15.4 Å². The number of amides is 2. The number of urea groups is 1. The van der Waals surface area contributed by atoms with E-state index in [1.165, 1.54) is 4.90 Å². The highest BCUT2D eigenvalue weighted by Gasteiger charge is 2.27. The van der Waals surface area contributed by atoms with Crippen molar-refractivity contribution in [1.82, 2.24) is 15.5 Å². The van der Waals surface area contributed by atoms with Crippen LogP contribution in [0.5, 0.6) is 0 Å². The van der Waals surface area contributed by atoms with Gasteiger partial charge in [0.2, 0.25) is 0 Å². The van der Waals surface area contributed by atoms with Crippen LogP contribution in [-0.4, -0.2) is 64.1 Å². The Bertz CT molecular complexity index is 222. The van der Waals surface area contributed by atoms with Gasteiger partial charge in [-0.15, -0.1) is 0 Å². The van der Waals surface area contributed by atoms with Crippen molar-refractivity contribution in [1.29, 1.82) is 0 Å². The van der Waals surface area contributed by atoms with Crippen molar-refractivity contribution in [3.8, 4) is 0 Å². The van der Waals surface area contributed by atoms with Crippen molar-refractivity contribution in [2.24, 2.45) is 0 Å². The molecule has 0 bridgehead atoms. The van der Waals surface area contributed by atoms with Crippen LogP contribution in [0.2, 0.25) is 0 Å². The molecule has 0 unspecified atom stereocenters. The number of nitrogens with zero attached hydrogens (tertiary/aromatic N) is 1. The van der Waals surface area contributed by atoms with Gasteiger partial charge < -0.3 is 20.3 Å². The predicted molar refractivity (Wildman–Crippen MR) is 56.8 cm³/mol. The predicted octanol–water partition coefficient (Wildman–Crippen LogP) is 0.426. The number of hydrogen-bond donors (Lipinski definition) is 2. The first-order valence-corrected chi connectivity index (χ1v) is 5.13. The zero-order valence-electron chi connectivity index (χ0n) is 9.93. The van der Waals surface area contributed by atoms with Crippen molar-refractivity contribution >= 4 is 6.03 Å². The molecule has 0 aliphatic carbocycles. The summed E-state index contributed by atoms with van der Waals surface area (Å²) in [5, 5.41) is 5.44. The minimum atomic E-state index is -4.28. The summed E-state index contributed by atoms with van der Waals surface area (Å²) in [4.78, 5) is 12.4. The number of carbonyl (C=O) groups is 1. The lowest BCUT2D eigenvalue weighted by atomic mass is 10.5. The smallest absolute Gasteiger partial charge is 0.371 e. The normalized spacial score (nSPS) is 11.4. The zero-order valence-corrected chi connectivity index (χ0v) is 9.93. The average molecular weight is 257 g/mol. The van der Waals surface area contributed by atoms with Crippen molar-refractivity contribution in [3.05, 3.63) is 0 Å². The first-order chi connectivity index (χ1) is 7.83. The number of nitrogens with one attached hydrogen (secondary N) is 2. The Morgan fingerprint density at radius 3 is 2.41 bits per heavy atom. The number of alkyl halides is 3. The standard InChI is InChI=1S/C9H18F3N3O2/c1-15(2)8(16)14-4-3-13-5-6-17-7-9(10,11)12/h13H,3-7H2,1-2H3,(H,14,16). The van der Waals surface area contributed by atoms with E-state index in [4.69, 9.17) is 0 Å². The second-order valence-electron chi connectivity index (χ2n) is 3.54. The van der Waals surface area contributed by atoms with Gasteiger partial charge in [-0.05, 0) is 0 Å². The third kappa shape index (κ3) is 11.2. The number of carbonyl (C=O) groups excluding carboxylic acids is 1. The third-order valence-corrected chi connectivity index (χ3v) is 1.67. The van der Waals surface area contributed by atoms with E-state index in [1.807, 2.05) is 0 Å². The van der Waals surface area contributed by atoms with Gasteiger partial charge in [-0.2, -0.15) is 13.2 Å².